The molecule has 0 aliphatic carbocycles. The molecule has 1 heterocycles. The van der Waals surface area contributed by atoms with Gasteiger partial charge in [0.05, 0.1) is 6.67 Å². The fraction of sp³-hybridized carbons (Fsp3) is 0.636. The summed E-state index contributed by atoms with van der Waals surface area (Å²) in [4.78, 5) is 4.68. The third kappa shape index (κ3) is 6.39. The Balaban J connectivity index is 1.74. The van der Waals surface area contributed by atoms with Crippen LogP contribution in [-0.4, -0.2) is 23.0 Å². The summed E-state index contributed by atoms with van der Waals surface area (Å²) in [5, 5.41) is 1.72. The molecule has 0 N–H and O–H groups in total. The van der Waals surface area contributed by atoms with Gasteiger partial charge in [-0.15, -0.1) is 0 Å². The maximum Gasteiger partial charge on any atom is 0.125 e. The first-order chi connectivity index (χ1) is 12.5. The molecule has 2 nitrogen and oxygen atoms in total. The topological polar surface area (TPSA) is 6.48 Å². The van der Waals surface area contributed by atoms with Crippen LogP contribution in [0.5, 0.6) is 0 Å². The van der Waals surface area contributed by atoms with Gasteiger partial charge in [-0.1, -0.05) is 81.1 Å². The van der Waals surface area contributed by atoms with Crippen molar-refractivity contribution < 1.29 is 0 Å². The molecule has 0 aromatic heterocycles. The fourth-order valence-corrected chi connectivity index (χ4v) is 4.03. The van der Waals surface area contributed by atoms with Gasteiger partial charge in [-0.2, -0.15) is 0 Å². The molecule has 0 saturated heterocycles. The normalized spacial score (nSPS) is 14.7. The molecule has 4 heteroatoms. The second kappa shape index (κ2) is 11.1. The van der Waals surface area contributed by atoms with Crippen molar-refractivity contribution in [1.29, 1.82) is 0 Å². The van der Waals surface area contributed by atoms with Crippen LogP contribution >= 0.6 is 23.2 Å². The Hall–Kier alpha value is -0.860. The summed E-state index contributed by atoms with van der Waals surface area (Å²) in [5.74, 6) is 0. The van der Waals surface area contributed by atoms with Gasteiger partial charge in [-0.25, -0.2) is 0 Å². The molecule has 146 valence electrons. The summed E-state index contributed by atoms with van der Waals surface area (Å²) in [6, 6.07) is 6.13. The molecule has 0 radical (unpaired) electrons. The van der Waals surface area contributed by atoms with Gasteiger partial charge in [0, 0.05) is 23.8 Å². The van der Waals surface area contributed by atoms with Gasteiger partial charge in [-0.05, 0) is 43.5 Å². The molecule has 1 aliphatic heterocycles. The van der Waals surface area contributed by atoms with Gasteiger partial charge in [0.25, 0.3) is 0 Å². The number of unbranched alkanes of at least 4 members (excludes halogenated alkanes) is 7. The number of allylic oxidation sites excluding steroid dienone is 1. The zero-order valence-electron chi connectivity index (χ0n) is 16.7. The van der Waals surface area contributed by atoms with Gasteiger partial charge in [-0.3, -0.25) is 0 Å². The Morgan fingerprint density at radius 1 is 0.885 bits per heavy atom. The molecule has 0 atom stereocenters. The van der Waals surface area contributed by atoms with Gasteiger partial charge in [0.15, 0.2) is 0 Å². The van der Waals surface area contributed by atoms with Crippen molar-refractivity contribution in [3.63, 3.8) is 0 Å². The van der Waals surface area contributed by atoms with E-state index in [2.05, 4.69) is 36.6 Å². The Morgan fingerprint density at radius 3 is 2.19 bits per heavy atom. The van der Waals surface area contributed by atoms with Crippen LogP contribution in [0, 0.1) is 6.92 Å². The van der Waals surface area contributed by atoms with Crippen molar-refractivity contribution in [1.82, 2.24) is 9.80 Å². The van der Waals surface area contributed by atoms with E-state index in [9.17, 15) is 0 Å². The Morgan fingerprint density at radius 2 is 1.54 bits per heavy atom. The van der Waals surface area contributed by atoms with Crippen molar-refractivity contribution in [2.24, 2.45) is 0 Å². The first-order valence-electron chi connectivity index (χ1n) is 10.1. The third-order valence-corrected chi connectivity index (χ3v) is 6.09. The lowest BCUT2D eigenvalue weighted by molar-refractivity contribution is 0.243. The molecule has 0 bridgehead atoms. The maximum absolute atomic E-state index is 6.59. The van der Waals surface area contributed by atoms with E-state index < -0.39 is 0 Å². The summed E-state index contributed by atoms with van der Waals surface area (Å²) >= 11 is 12.7. The van der Waals surface area contributed by atoms with E-state index in [-0.39, 0.29) is 0 Å². The van der Waals surface area contributed by atoms with E-state index in [0.717, 1.165) is 29.9 Å². The molecular weight excluding hydrogens is 363 g/mol. The quantitative estimate of drug-likeness (QED) is 0.286. The molecule has 0 unspecified atom stereocenters. The molecule has 0 saturated carbocycles. The van der Waals surface area contributed by atoms with Crippen LogP contribution in [0.15, 0.2) is 29.1 Å². The smallest absolute Gasteiger partial charge is 0.125 e. The zero-order valence-corrected chi connectivity index (χ0v) is 18.2. The van der Waals surface area contributed by atoms with Crippen molar-refractivity contribution in [3.05, 3.63) is 45.2 Å². The summed E-state index contributed by atoms with van der Waals surface area (Å²) in [7, 11) is 0. The molecular formula is C22H34Cl2N2. The average molecular weight is 397 g/mol. The minimum Gasteiger partial charge on any atom is -0.351 e. The van der Waals surface area contributed by atoms with E-state index in [4.69, 9.17) is 23.2 Å². The number of benzene rings is 1. The lowest BCUT2D eigenvalue weighted by Crippen LogP contribution is -2.28. The summed E-state index contributed by atoms with van der Waals surface area (Å²) in [5.41, 5.74) is 3.73. The van der Waals surface area contributed by atoms with E-state index in [1.807, 2.05) is 12.1 Å². The Labute approximate surface area is 170 Å². The molecule has 1 aromatic rings. The van der Waals surface area contributed by atoms with Crippen LogP contribution in [0.1, 0.15) is 76.3 Å². The highest BCUT2D eigenvalue weighted by molar-refractivity contribution is 6.30. The van der Waals surface area contributed by atoms with E-state index >= 15 is 0 Å². The van der Waals surface area contributed by atoms with E-state index in [1.165, 1.54) is 68.2 Å². The van der Waals surface area contributed by atoms with Gasteiger partial charge < -0.3 is 9.80 Å². The van der Waals surface area contributed by atoms with Crippen LogP contribution < -0.4 is 0 Å². The zero-order chi connectivity index (χ0) is 18.9. The maximum atomic E-state index is 6.59. The van der Waals surface area contributed by atoms with E-state index in [1.54, 1.807) is 0 Å². The molecule has 0 fully saturated rings. The Kier molecular flexibility index (Phi) is 9.15. The fourth-order valence-electron chi connectivity index (χ4n) is 3.55. The second-order valence-electron chi connectivity index (χ2n) is 7.52. The minimum atomic E-state index is 0.800. The molecule has 26 heavy (non-hydrogen) atoms. The highest BCUT2D eigenvalue weighted by atomic mass is 35.5. The SMILES string of the molecule is CCCCCCCCCCN1CN(Cc2ccc(Cl)cc2C)C(C)=C1Cl. The number of hydrogen-bond donors (Lipinski definition) is 0. The monoisotopic (exact) mass is 396 g/mol. The summed E-state index contributed by atoms with van der Waals surface area (Å²) in [6.45, 7) is 9.35. The second-order valence-corrected chi connectivity index (χ2v) is 8.32. The molecule has 1 aromatic carbocycles. The largest absolute Gasteiger partial charge is 0.351 e. The number of halogens is 2. The summed E-state index contributed by atoms with van der Waals surface area (Å²) in [6.07, 6.45) is 10.8. The van der Waals surface area contributed by atoms with Gasteiger partial charge >= 0.3 is 0 Å². The average Bonchev–Trinajstić information content (AvgIpc) is 2.88. The van der Waals surface area contributed by atoms with Crippen LogP contribution in [0.25, 0.3) is 0 Å². The van der Waals surface area contributed by atoms with Crippen LogP contribution in [-0.2, 0) is 6.54 Å². The highest BCUT2D eigenvalue weighted by Gasteiger charge is 2.24. The van der Waals surface area contributed by atoms with Gasteiger partial charge in [0.2, 0.25) is 0 Å². The molecule has 1 aliphatic rings. The van der Waals surface area contributed by atoms with Crippen molar-refractivity contribution in [2.45, 2.75) is 78.7 Å². The number of aryl methyl sites for hydroxylation is 1. The number of rotatable bonds is 11. The van der Waals surface area contributed by atoms with Crippen LogP contribution in [0.4, 0.5) is 0 Å². The highest BCUT2D eigenvalue weighted by Crippen LogP contribution is 2.29. The van der Waals surface area contributed by atoms with Crippen LogP contribution in [0.2, 0.25) is 5.02 Å². The molecule has 2 rings (SSSR count). The molecule has 0 spiro atoms. The summed E-state index contributed by atoms with van der Waals surface area (Å²) < 4.78 is 0. The predicted molar refractivity (Wildman–Crippen MR) is 114 cm³/mol. The first kappa shape index (κ1) is 21.4. The van der Waals surface area contributed by atoms with Crippen molar-refractivity contribution >= 4 is 23.2 Å². The van der Waals surface area contributed by atoms with E-state index in [0.29, 0.717) is 0 Å². The minimum absolute atomic E-state index is 0.800. The van der Waals surface area contributed by atoms with Crippen LogP contribution in [0.3, 0.4) is 0 Å². The number of hydrogen-bond acceptors (Lipinski definition) is 2. The first-order valence-corrected chi connectivity index (χ1v) is 10.9. The Bertz CT molecular complexity index is 598. The lowest BCUT2D eigenvalue weighted by Gasteiger charge is -2.24. The number of nitrogens with zero attached hydrogens (tertiary/aromatic N) is 2. The predicted octanol–water partition coefficient (Wildman–Crippen LogP) is 7.29. The van der Waals surface area contributed by atoms with Crippen molar-refractivity contribution in [2.75, 3.05) is 13.2 Å². The third-order valence-electron chi connectivity index (χ3n) is 5.34. The standard InChI is InChI=1S/C22H34Cl2N2/c1-4-5-6-7-8-9-10-11-14-25-17-26(19(3)22(25)24)16-20-12-13-21(23)15-18(20)2/h12-13,15H,4-11,14,16-17H2,1-3H3. The van der Waals surface area contributed by atoms with Crippen molar-refractivity contribution in [3.8, 4) is 0 Å². The molecule has 0 amide bonds. The lowest BCUT2D eigenvalue weighted by atomic mass is 10.1. The van der Waals surface area contributed by atoms with Gasteiger partial charge in [0.1, 0.15) is 5.16 Å².